The number of hydrogen-bond acceptors (Lipinski definition) is 5. The van der Waals surface area contributed by atoms with Crippen LogP contribution in [0.15, 0.2) is 65.8 Å². The summed E-state index contributed by atoms with van der Waals surface area (Å²) in [5.74, 6) is -0.0241. The van der Waals surface area contributed by atoms with Gasteiger partial charge in [-0.25, -0.2) is 0 Å². The third-order valence-corrected chi connectivity index (χ3v) is 7.90. The highest BCUT2D eigenvalue weighted by Gasteiger charge is 2.14. The fraction of sp³-hybridized carbons (Fsp3) is 0.714. The second-order valence-corrected chi connectivity index (χ2v) is 12.9. The number of rotatable bonds is 34. The summed E-state index contributed by atoms with van der Waals surface area (Å²) >= 11 is 0. The molecule has 1 N–H and O–H groups in total. The maximum atomic E-state index is 12.6. The Morgan fingerprint density at radius 1 is 0.638 bits per heavy atom. The lowest BCUT2D eigenvalue weighted by Gasteiger charge is -2.19. The van der Waals surface area contributed by atoms with E-state index in [1.54, 1.807) is 0 Å². The van der Waals surface area contributed by atoms with E-state index < -0.39 is 0 Å². The minimum Gasteiger partial charge on any atom is -0.462 e. The third-order valence-electron chi connectivity index (χ3n) is 7.90. The highest BCUT2D eigenvalue weighted by atomic mass is 16.5. The van der Waals surface area contributed by atoms with Gasteiger partial charge in [0, 0.05) is 25.6 Å². The first-order valence-corrected chi connectivity index (χ1v) is 19.4. The zero-order valence-corrected chi connectivity index (χ0v) is 31.3. The molecule has 0 rings (SSSR count). The molecular formula is C42H75N3O2. The lowest BCUT2D eigenvalue weighted by Crippen LogP contribution is -2.25. The molecule has 0 aromatic carbocycles. The van der Waals surface area contributed by atoms with Gasteiger partial charge in [0.2, 0.25) is 0 Å². The average Bonchev–Trinajstić information content (AvgIpc) is 3.06. The van der Waals surface area contributed by atoms with Crippen LogP contribution in [0, 0.1) is 0 Å². The molecule has 0 aliphatic rings. The van der Waals surface area contributed by atoms with Crippen molar-refractivity contribution in [2.75, 3.05) is 40.3 Å². The Morgan fingerprint density at radius 3 is 1.89 bits per heavy atom. The van der Waals surface area contributed by atoms with Crippen LogP contribution in [0.3, 0.4) is 0 Å². The number of nitrogens with zero attached hydrogens (tertiary/aromatic N) is 2. The lowest BCUT2D eigenvalue weighted by molar-refractivity contribution is -0.149. The Labute approximate surface area is 292 Å². The number of carbonyl (C=O) groups is 1. The van der Waals surface area contributed by atoms with E-state index in [1.165, 1.54) is 57.8 Å². The van der Waals surface area contributed by atoms with Gasteiger partial charge in [-0.05, 0) is 124 Å². The summed E-state index contributed by atoms with van der Waals surface area (Å²) in [6, 6.07) is 0. The topological polar surface area (TPSA) is 53.9 Å². The molecule has 0 amide bonds. The standard InChI is InChI=1S/C42H75N3O2/c1-5-7-9-11-13-15-16-17-18-19-20-21-22-23-25-27-33-41(47-42(46)34-28-32-40-45(3)4)35-39-44-38-31-30-37-43-36-29-26-24-14-12-10-8-6-2/h9-12,15-16,18-19,24,26,36,41,44H,5-8,13-14,17,20-23,25,27-35,37-40H2,1-4H3/b11-9-,12-10-,16-15-,19-18-,26-24-,43-36-. The number of aliphatic imine (C=N–C) groups is 1. The van der Waals surface area contributed by atoms with E-state index in [0.29, 0.717) is 6.42 Å². The maximum Gasteiger partial charge on any atom is 0.306 e. The van der Waals surface area contributed by atoms with Gasteiger partial charge in [0.15, 0.2) is 0 Å². The van der Waals surface area contributed by atoms with E-state index in [0.717, 1.165) is 96.8 Å². The molecule has 0 fully saturated rings. The number of nitrogens with one attached hydrogen (secondary N) is 1. The van der Waals surface area contributed by atoms with Gasteiger partial charge in [-0.15, -0.1) is 0 Å². The molecular weight excluding hydrogens is 578 g/mol. The Morgan fingerprint density at radius 2 is 1.23 bits per heavy atom. The van der Waals surface area contributed by atoms with Crippen LogP contribution in [0.4, 0.5) is 0 Å². The zero-order valence-electron chi connectivity index (χ0n) is 31.3. The largest absolute Gasteiger partial charge is 0.462 e. The van der Waals surface area contributed by atoms with Crippen molar-refractivity contribution in [3.05, 3.63) is 60.8 Å². The summed E-state index contributed by atoms with van der Waals surface area (Å²) < 4.78 is 5.97. The predicted octanol–water partition coefficient (Wildman–Crippen LogP) is 11.1. The molecule has 0 bridgehead atoms. The van der Waals surface area contributed by atoms with Crippen molar-refractivity contribution in [2.45, 2.75) is 155 Å². The predicted molar refractivity (Wildman–Crippen MR) is 209 cm³/mol. The molecule has 1 atom stereocenters. The Hall–Kier alpha value is -2.24. The molecule has 5 heteroatoms. The average molecular weight is 654 g/mol. The zero-order chi connectivity index (χ0) is 34.3. The molecule has 0 aliphatic carbocycles. The van der Waals surface area contributed by atoms with Crippen LogP contribution < -0.4 is 5.32 Å². The molecule has 0 spiro atoms. The quantitative estimate of drug-likeness (QED) is 0.0325. The molecule has 0 aromatic heterocycles. The van der Waals surface area contributed by atoms with E-state index in [9.17, 15) is 4.79 Å². The second-order valence-electron chi connectivity index (χ2n) is 12.9. The van der Waals surface area contributed by atoms with Crippen LogP contribution in [0.1, 0.15) is 149 Å². The molecule has 47 heavy (non-hydrogen) atoms. The second kappa shape index (κ2) is 38.2. The van der Waals surface area contributed by atoms with E-state index in [-0.39, 0.29) is 12.1 Å². The van der Waals surface area contributed by atoms with Gasteiger partial charge in [-0.2, -0.15) is 0 Å². The van der Waals surface area contributed by atoms with Gasteiger partial charge < -0.3 is 15.0 Å². The summed E-state index contributed by atoms with van der Waals surface area (Å²) in [7, 11) is 4.15. The van der Waals surface area contributed by atoms with E-state index >= 15 is 0 Å². The van der Waals surface area contributed by atoms with Crippen molar-refractivity contribution in [3.8, 4) is 0 Å². The monoisotopic (exact) mass is 654 g/mol. The van der Waals surface area contributed by atoms with Crippen LogP contribution >= 0.6 is 0 Å². The smallest absolute Gasteiger partial charge is 0.306 e. The minimum absolute atomic E-state index is 0.0241. The van der Waals surface area contributed by atoms with Crippen LogP contribution in [0.25, 0.3) is 0 Å². The first-order chi connectivity index (χ1) is 23.1. The van der Waals surface area contributed by atoms with Crippen LogP contribution in [-0.2, 0) is 9.53 Å². The van der Waals surface area contributed by atoms with Gasteiger partial charge in [0.25, 0.3) is 0 Å². The Balaban J connectivity index is 4.13. The van der Waals surface area contributed by atoms with Crippen molar-refractivity contribution < 1.29 is 9.53 Å². The van der Waals surface area contributed by atoms with Crippen molar-refractivity contribution in [3.63, 3.8) is 0 Å². The highest BCUT2D eigenvalue weighted by Crippen LogP contribution is 2.14. The summed E-state index contributed by atoms with van der Waals surface area (Å²) in [5, 5.41) is 3.57. The van der Waals surface area contributed by atoms with Gasteiger partial charge in [0.05, 0.1) is 0 Å². The molecule has 0 saturated carbocycles. The van der Waals surface area contributed by atoms with E-state index in [4.69, 9.17) is 4.74 Å². The normalized spacial score (nSPS) is 13.3. The number of carbonyl (C=O) groups excluding carboxylic acids is 1. The highest BCUT2D eigenvalue weighted by molar-refractivity contribution is 5.69. The van der Waals surface area contributed by atoms with Gasteiger partial charge in [-0.1, -0.05) is 107 Å². The summed E-state index contributed by atoms with van der Waals surface area (Å²) in [4.78, 5) is 19.3. The van der Waals surface area contributed by atoms with Crippen LogP contribution in [0.5, 0.6) is 0 Å². The number of unbranched alkanes of at least 4 members (excludes halogenated alkanes) is 9. The maximum absolute atomic E-state index is 12.6. The van der Waals surface area contributed by atoms with Crippen molar-refractivity contribution in [2.24, 2.45) is 4.99 Å². The molecule has 0 heterocycles. The molecule has 1 unspecified atom stereocenters. The summed E-state index contributed by atoms with van der Waals surface area (Å²) in [6.07, 6.45) is 47.4. The first-order valence-electron chi connectivity index (χ1n) is 19.4. The van der Waals surface area contributed by atoms with E-state index in [1.807, 2.05) is 6.21 Å². The van der Waals surface area contributed by atoms with Crippen LogP contribution in [-0.4, -0.2) is 63.5 Å². The number of ether oxygens (including phenoxy) is 1. The molecule has 0 radical (unpaired) electrons. The summed E-state index contributed by atoms with van der Waals surface area (Å²) in [6.45, 7) is 8.22. The molecule has 270 valence electrons. The Kier molecular flexibility index (Phi) is 36.4. The van der Waals surface area contributed by atoms with Crippen LogP contribution in [0.2, 0.25) is 0 Å². The third kappa shape index (κ3) is 38.1. The number of esters is 1. The van der Waals surface area contributed by atoms with E-state index in [2.05, 4.69) is 104 Å². The Bertz CT molecular complexity index is 787. The minimum atomic E-state index is -0.0241. The van der Waals surface area contributed by atoms with Crippen molar-refractivity contribution in [1.82, 2.24) is 10.2 Å². The molecule has 5 nitrogen and oxygen atoms in total. The van der Waals surface area contributed by atoms with Gasteiger partial charge >= 0.3 is 5.97 Å². The first kappa shape index (κ1) is 44.8. The molecule has 0 aromatic rings. The fourth-order valence-corrected chi connectivity index (χ4v) is 5.03. The number of hydrogen-bond donors (Lipinski definition) is 1. The molecule has 0 aliphatic heterocycles. The summed E-state index contributed by atoms with van der Waals surface area (Å²) in [5.41, 5.74) is 0. The van der Waals surface area contributed by atoms with Crippen molar-refractivity contribution >= 4 is 12.2 Å². The number of allylic oxidation sites excluding steroid dienone is 10. The van der Waals surface area contributed by atoms with Gasteiger partial charge in [0.1, 0.15) is 6.10 Å². The lowest BCUT2D eigenvalue weighted by atomic mass is 10.0. The fourth-order valence-electron chi connectivity index (χ4n) is 5.03. The van der Waals surface area contributed by atoms with Crippen molar-refractivity contribution in [1.29, 1.82) is 0 Å². The SMILES string of the molecule is CCC/C=C\C/C=C\C/C=C\CCCCCCCC(CCNCCCC/N=C\C/C=C\C/C=C\CCC)OC(=O)CCCCN(C)C. The van der Waals surface area contributed by atoms with Gasteiger partial charge in [-0.3, -0.25) is 9.79 Å². The molecule has 0 saturated heterocycles.